The molecule has 0 atom stereocenters. The summed E-state index contributed by atoms with van der Waals surface area (Å²) in [5.41, 5.74) is 5.17. The highest BCUT2D eigenvalue weighted by atomic mass is 35.5. The summed E-state index contributed by atoms with van der Waals surface area (Å²) in [6.07, 6.45) is 1.74. The number of hydrogen-bond acceptors (Lipinski definition) is 2. The van der Waals surface area contributed by atoms with Gasteiger partial charge in [-0.3, -0.25) is 4.99 Å². The summed E-state index contributed by atoms with van der Waals surface area (Å²) >= 11 is 12.7. The molecule has 0 amide bonds. The van der Waals surface area contributed by atoms with Crippen molar-refractivity contribution < 1.29 is 4.74 Å². The average Bonchev–Trinajstić information content (AvgIpc) is 2.62. The molecule has 0 aromatic heterocycles. The highest BCUT2D eigenvalue weighted by molar-refractivity contribution is 6.37. The Morgan fingerprint density at radius 1 is 0.846 bits per heavy atom. The van der Waals surface area contributed by atoms with Crippen molar-refractivity contribution in [2.24, 2.45) is 4.99 Å². The number of rotatable bonds is 5. The Morgan fingerprint density at radius 2 is 1.38 bits per heavy atom. The molecule has 0 aliphatic heterocycles. The molecule has 0 saturated heterocycles. The molecule has 0 heterocycles. The Balaban J connectivity index is 1.73. The summed E-state index contributed by atoms with van der Waals surface area (Å²) in [6, 6.07) is 19.7. The van der Waals surface area contributed by atoms with E-state index in [9.17, 15) is 0 Å². The summed E-state index contributed by atoms with van der Waals surface area (Å²) in [5, 5.41) is 0.935. The number of nitrogens with zero attached hydrogens (tertiary/aromatic N) is 1. The maximum atomic E-state index is 6.36. The molecular weight excluding hydrogens is 365 g/mol. The quantitative estimate of drug-likeness (QED) is 0.437. The fraction of sp³-hybridized carbons (Fsp3) is 0.136. The second-order valence-corrected chi connectivity index (χ2v) is 7.00. The largest absolute Gasteiger partial charge is 0.486 e. The van der Waals surface area contributed by atoms with Crippen LogP contribution in [0, 0.1) is 13.8 Å². The van der Waals surface area contributed by atoms with Crippen molar-refractivity contribution in [3.05, 3.63) is 93.0 Å². The molecule has 3 aromatic rings. The van der Waals surface area contributed by atoms with E-state index in [1.807, 2.05) is 55.5 Å². The van der Waals surface area contributed by atoms with E-state index < -0.39 is 0 Å². The molecule has 0 aliphatic carbocycles. The highest BCUT2D eigenvalue weighted by Gasteiger charge is 2.09. The van der Waals surface area contributed by atoms with Crippen LogP contribution >= 0.6 is 23.2 Å². The molecule has 26 heavy (non-hydrogen) atoms. The predicted octanol–water partition coefficient (Wildman–Crippen LogP) is 6.94. The van der Waals surface area contributed by atoms with Gasteiger partial charge in [0.25, 0.3) is 0 Å². The predicted molar refractivity (Wildman–Crippen MR) is 110 cm³/mol. The van der Waals surface area contributed by atoms with Gasteiger partial charge in [0, 0.05) is 6.21 Å². The number of hydrogen-bond donors (Lipinski definition) is 0. The molecule has 3 aromatic carbocycles. The van der Waals surface area contributed by atoms with E-state index >= 15 is 0 Å². The van der Waals surface area contributed by atoms with Gasteiger partial charge in [-0.25, -0.2) is 0 Å². The summed E-state index contributed by atoms with van der Waals surface area (Å²) in [4.78, 5) is 4.45. The first kappa shape index (κ1) is 18.5. The van der Waals surface area contributed by atoms with E-state index in [0.29, 0.717) is 22.4 Å². The van der Waals surface area contributed by atoms with Gasteiger partial charge in [-0.1, -0.05) is 70.7 Å². The molecule has 0 radical (unpaired) electrons. The first-order chi connectivity index (χ1) is 12.5. The van der Waals surface area contributed by atoms with Crippen LogP contribution in [-0.4, -0.2) is 6.21 Å². The lowest BCUT2D eigenvalue weighted by Gasteiger charge is -2.11. The topological polar surface area (TPSA) is 21.6 Å². The third kappa shape index (κ3) is 4.87. The van der Waals surface area contributed by atoms with Gasteiger partial charge in [0.2, 0.25) is 0 Å². The van der Waals surface area contributed by atoms with Crippen molar-refractivity contribution in [2.45, 2.75) is 20.5 Å². The average molecular weight is 384 g/mol. The minimum Gasteiger partial charge on any atom is -0.486 e. The lowest BCUT2D eigenvalue weighted by molar-refractivity contribution is 0.306. The monoisotopic (exact) mass is 383 g/mol. The fourth-order valence-electron chi connectivity index (χ4n) is 2.41. The molecule has 0 aliphatic rings. The first-order valence-corrected chi connectivity index (χ1v) is 9.05. The third-order valence-electron chi connectivity index (χ3n) is 3.92. The Labute approximate surface area is 164 Å². The van der Waals surface area contributed by atoms with Crippen LogP contribution in [0.4, 0.5) is 5.69 Å². The van der Waals surface area contributed by atoms with Crippen LogP contribution < -0.4 is 4.74 Å². The van der Waals surface area contributed by atoms with E-state index in [-0.39, 0.29) is 0 Å². The lowest BCUT2D eigenvalue weighted by atomic mass is 10.2. The zero-order valence-corrected chi connectivity index (χ0v) is 16.2. The molecular formula is C22H19Cl2NO. The van der Waals surface area contributed by atoms with Crippen LogP contribution in [0.5, 0.6) is 5.75 Å². The summed E-state index contributed by atoms with van der Waals surface area (Å²) in [5.74, 6) is 0.487. The van der Waals surface area contributed by atoms with Crippen molar-refractivity contribution in [3.8, 4) is 5.75 Å². The van der Waals surface area contributed by atoms with Crippen LogP contribution in [0.15, 0.2) is 65.7 Å². The summed E-state index contributed by atoms with van der Waals surface area (Å²) in [6.45, 7) is 4.51. The molecule has 0 saturated carbocycles. The molecule has 3 rings (SSSR count). The molecule has 2 nitrogen and oxygen atoms in total. The van der Waals surface area contributed by atoms with Gasteiger partial charge < -0.3 is 4.74 Å². The van der Waals surface area contributed by atoms with E-state index in [0.717, 1.165) is 16.8 Å². The minimum absolute atomic E-state index is 0.413. The smallest absolute Gasteiger partial charge is 0.157 e. The van der Waals surface area contributed by atoms with Gasteiger partial charge in [0.05, 0.1) is 15.7 Å². The zero-order valence-electron chi connectivity index (χ0n) is 14.7. The second-order valence-electron chi connectivity index (χ2n) is 6.18. The van der Waals surface area contributed by atoms with Crippen molar-refractivity contribution in [2.75, 3.05) is 0 Å². The number of halogens is 2. The number of ether oxygens (including phenoxy) is 1. The number of aryl methyl sites for hydroxylation is 2. The lowest BCUT2D eigenvalue weighted by Crippen LogP contribution is -1.97. The Kier molecular flexibility index (Phi) is 5.97. The Morgan fingerprint density at radius 3 is 1.96 bits per heavy atom. The molecule has 0 fully saturated rings. The second kappa shape index (κ2) is 8.39. The van der Waals surface area contributed by atoms with E-state index in [1.54, 1.807) is 18.3 Å². The Bertz CT molecular complexity index is 893. The summed E-state index contributed by atoms with van der Waals surface area (Å²) < 4.78 is 5.82. The number of benzene rings is 3. The van der Waals surface area contributed by atoms with Gasteiger partial charge in [-0.05, 0) is 49.2 Å². The van der Waals surface area contributed by atoms with Crippen LogP contribution in [0.1, 0.15) is 22.3 Å². The first-order valence-electron chi connectivity index (χ1n) is 8.29. The van der Waals surface area contributed by atoms with Gasteiger partial charge >= 0.3 is 0 Å². The molecule has 0 N–H and O–H groups in total. The molecule has 0 bridgehead atoms. The maximum Gasteiger partial charge on any atom is 0.157 e. The molecule has 4 heteroatoms. The highest BCUT2D eigenvalue weighted by Crippen LogP contribution is 2.34. The van der Waals surface area contributed by atoms with Crippen LogP contribution in [0.3, 0.4) is 0 Å². The summed E-state index contributed by atoms with van der Waals surface area (Å²) in [7, 11) is 0. The fourth-order valence-corrected chi connectivity index (χ4v) is 3.02. The van der Waals surface area contributed by atoms with Gasteiger partial charge in [0.1, 0.15) is 6.61 Å². The molecule has 132 valence electrons. The minimum atomic E-state index is 0.413. The SMILES string of the molecule is Cc1ccc(COc2c(Cl)cc(C=Nc3ccc(C)cc3)cc2Cl)cc1. The van der Waals surface area contributed by atoms with Crippen LogP contribution in [0.25, 0.3) is 0 Å². The third-order valence-corrected chi connectivity index (χ3v) is 4.48. The molecule has 0 unspecified atom stereocenters. The van der Waals surface area contributed by atoms with Crippen LogP contribution in [0.2, 0.25) is 10.0 Å². The maximum absolute atomic E-state index is 6.36. The normalized spacial score (nSPS) is 11.1. The van der Waals surface area contributed by atoms with Crippen molar-refractivity contribution in [3.63, 3.8) is 0 Å². The van der Waals surface area contributed by atoms with E-state index in [2.05, 4.69) is 11.9 Å². The zero-order chi connectivity index (χ0) is 18.5. The van der Waals surface area contributed by atoms with Crippen molar-refractivity contribution in [1.29, 1.82) is 0 Å². The van der Waals surface area contributed by atoms with Gasteiger partial charge in [-0.15, -0.1) is 0 Å². The number of aliphatic imine (C=N–C) groups is 1. The van der Waals surface area contributed by atoms with Gasteiger partial charge in [-0.2, -0.15) is 0 Å². The van der Waals surface area contributed by atoms with E-state index in [4.69, 9.17) is 27.9 Å². The van der Waals surface area contributed by atoms with Crippen LogP contribution in [-0.2, 0) is 6.61 Å². The Hall–Kier alpha value is -2.29. The van der Waals surface area contributed by atoms with Crippen molar-refractivity contribution >= 4 is 35.1 Å². The van der Waals surface area contributed by atoms with E-state index in [1.165, 1.54) is 11.1 Å². The van der Waals surface area contributed by atoms with Gasteiger partial charge in [0.15, 0.2) is 5.75 Å². The standard InChI is InChI=1S/C22H19Cl2NO/c1-15-3-7-17(8-4-15)14-26-22-20(23)11-18(12-21(22)24)13-25-19-9-5-16(2)6-10-19/h3-13H,14H2,1-2H3. The molecule has 0 spiro atoms. The van der Waals surface area contributed by atoms with Crippen molar-refractivity contribution in [1.82, 2.24) is 0 Å².